The molecule has 2 aromatic carbocycles. The molecule has 0 bridgehead atoms. The summed E-state index contributed by atoms with van der Waals surface area (Å²) < 4.78 is 46.0. The van der Waals surface area contributed by atoms with Crippen LogP contribution in [-0.2, 0) is 16.4 Å². The molecule has 4 rings (SSSR count). The van der Waals surface area contributed by atoms with Gasteiger partial charge in [-0.15, -0.1) is 0 Å². The molecule has 0 radical (unpaired) electrons. The number of anilines is 1. The third kappa shape index (κ3) is 4.75. The lowest BCUT2D eigenvalue weighted by Crippen LogP contribution is -2.24. The molecular formula is C24H23F3N4O3. The summed E-state index contributed by atoms with van der Waals surface area (Å²) >= 11 is 0. The molecule has 0 saturated heterocycles. The van der Waals surface area contributed by atoms with E-state index in [0.717, 1.165) is 29.2 Å². The molecular weight excluding hydrogens is 449 g/mol. The van der Waals surface area contributed by atoms with E-state index < -0.39 is 17.8 Å². The van der Waals surface area contributed by atoms with Gasteiger partial charge in [-0.1, -0.05) is 12.1 Å². The monoisotopic (exact) mass is 472 g/mol. The van der Waals surface area contributed by atoms with Crippen LogP contribution in [-0.4, -0.2) is 35.8 Å². The summed E-state index contributed by atoms with van der Waals surface area (Å²) in [5.74, 6) is -0.261. The fraction of sp³-hybridized carbons (Fsp3) is 0.292. The number of carbonyl (C=O) groups is 2. The van der Waals surface area contributed by atoms with Crippen molar-refractivity contribution in [3.63, 3.8) is 0 Å². The van der Waals surface area contributed by atoms with E-state index >= 15 is 0 Å². The van der Waals surface area contributed by atoms with Crippen LogP contribution < -0.4 is 15.4 Å². The quantitative estimate of drug-likeness (QED) is 0.537. The highest BCUT2D eigenvalue weighted by molar-refractivity contribution is 6.03. The van der Waals surface area contributed by atoms with Crippen molar-refractivity contribution in [2.24, 2.45) is 0 Å². The SMILES string of the molecule is CNC(=O)CC1(c2ccc(NC(=O)c3cc(C(F)(F)F)nn3-c3ccc(OC)cc3)cc2)CC1. The van der Waals surface area contributed by atoms with Gasteiger partial charge in [-0.2, -0.15) is 18.3 Å². The van der Waals surface area contributed by atoms with Crippen LogP contribution in [0.25, 0.3) is 5.69 Å². The number of benzene rings is 2. The Morgan fingerprint density at radius 1 is 1.09 bits per heavy atom. The molecule has 0 aliphatic heterocycles. The molecule has 0 atom stereocenters. The van der Waals surface area contributed by atoms with Crippen molar-refractivity contribution in [1.82, 2.24) is 15.1 Å². The van der Waals surface area contributed by atoms with Crippen LogP contribution >= 0.6 is 0 Å². The number of amides is 2. The lowest BCUT2D eigenvalue weighted by atomic mass is 9.92. The highest BCUT2D eigenvalue weighted by Crippen LogP contribution is 2.51. The number of halogens is 3. The molecule has 1 aromatic heterocycles. The highest BCUT2D eigenvalue weighted by Gasteiger charge is 2.45. The van der Waals surface area contributed by atoms with E-state index in [4.69, 9.17) is 4.74 Å². The molecule has 1 heterocycles. The number of hydrogen-bond donors (Lipinski definition) is 2. The van der Waals surface area contributed by atoms with Gasteiger partial charge in [-0.3, -0.25) is 9.59 Å². The second-order valence-electron chi connectivity index (χ2n) is 8.18. The zero-order valence-corrected chi connectivity index (χ0v) is 18.6. The van der Waals surface area contributed by atoms with Crippen LogP contribution in [0.3, 0.4) is 0 Å². The number of nitrogens with one attached hydrogen (secondary N) is 2. The largest absolute Gasteiger partial charge is 0.497 e. The van der Waals surface area contributed by atoms with E-state index in [9.17, 15) is 22.8 Å². The molecule has 1 aliphatic rings. The van der Waals surface area contributed by atoms with Crippen molar-refractivity contribution in [3.8, 4) is 11.4 Å². The Morgan fingerprint density at radius 2 is 1.74 bits per heavy atom. The number of methoxy groups -OCH3 is 1. The molecule has 2 N–H and O–H groups in total. The first-order chi connectivity index (χ1) is 16.1. The Morgan fingerprint density at radius 3 is 2.26 bits per heavy atom. The van der Waals surface area contributed by atoms with Gasteiger partial charge in [-0.05, 0) is 54.8 Å². The summed E-state index contributed by atoms with van der Waals surface area (Å²) in [5, 5.41) is 8.88. The molecule has 1 saturated carbocycles. The Labute approximate surface area is 193 Å². The lowest BCUT2D eigenvalue weighted by molar-refractivity contribution is -0.141. The van der Waals surface area contributed by atoms with Crippen LogP contribution in [0.2, 0.25) is 0 Å². The number of nitrogens with zero attached hydrogens (tertiary/aromatic N) is 2. The molecule has 34 heavy (non-hydrogen) atoms. The number of ether oxygens (including phenoxy) is 1. The number of hydrogen-bond acceptors (Lipinski definition) is 4. The van der Waals surface area contributed by atoms with Gasteiger partial charge in [0.15, 0.2) is 5.69 Å². The maximum absolute atomic E-state index is 13.3. The van der Waals surface area contributed by atoms with Crippen molar-refractivity contribution in [1.29, 1.82) is 0 Å². The number of rotatable bonds is 7. The predicted octanol–water partition coefficient (Wildman–Crippen LogP) is 4.32. The van der Waals surface area contributed by atoms with E-state index in [1.807, 2.05) is 12.1 Å². The first kappa shape index (κ1) is 23.3. The fourth-order valence-electron chi connectivity index (χ4n) is 3.82. The normalized spacial score (nSPS) is 14.4. The predicted molar refractivity (Wildman–Crippen MR) is 119 cm³/mol. The van der Waals surface area contributed by atoms with Crippen LogP contribution in [0.1, 0.15) is 41.0 Å². The molecule has 10 heteroatoms. The van der Waals surface area contributed by atoms with Gasteiger partial charge in [0.05, 0.1) is 12.8 Å². The first-order valence-corrected chi connectivity index (χ1v) is 10.6. The molecule has 2 amide bonds. The Balaban J connectivity index is 1.58. The summed E-state index contributed by atoms with van der Waals surface area (Å²) in [4.78, 5) is 24.7. The van der Waals surface area contributed by atoms with Gasteiger partial charge in [-0.25, -0.2) is 4.68 Å². The highest BCUT2D eigenvalue weighted by atomic mass is 19.4. The first-order valence-electron chi connectivity index (χ1n) is 10.6. The minimum Gasteiger partial charge on any atom is -0.497 e. The van der Waals surface area contributed by atoms with Gasteiger partial charge >= 0.3 is 6.18 Å². The Bertz CT molecular complexity index is 1200. The number of aromatic nitrogens is 2. The molecule has 3 aromatic rings. The maximum atomic E-state index is 13.3. The Kier molecular flexibility index (Phi) is 6.07. The zero-order chi connectivity index (χ0) is 24.5. The van der Waals surface area contributed by atoms with Crippen LogP contribution in [0, 0.1) is 0 Å². The van der Waals surface area contributed by atoms with Crippen LogP contribution in [0.15, 0.2) is 54.6 Å². The lowest BCUT2D eigenvalue weighted by Gasteiger charge is -2.15. The average Bonchev–Trinajstić information content (AvgIpc) is 3.44. The number of alkyl halides is 3. The smallest absolute Gasteiger partial charge is 0.435 e. The molecule has 0 unspecified atom stereocenters. The van der Waals surface area contributed by atoms with E-state index in [1.165, 1.54) is 19.2 Å². The average molecular weight is 472 g/mol. The standard InChI is InChI=1S/C24H23F3N4O3/c1-28-21(32)14-23(11-12-23)15-3-5-16(6-4-15)29-22(33)19-13-20(24(25,26)27)30-31(19)17-7-9-18(34-2)10-8-17/h3-10,13H,11-12,14H2,1-2H3,(H,28,32)(H,29,33). The van der Waals surface area contributed by atoms with Crippen molar-refractivity contribution >= 4 is 17.5 Å². The number of carbonyl (C=O) groups excluding carboxylic acids is 2. The van der Waals surface area contributed by atoms with Gasteiger partial charge in [0.2, 0.25) is 5.91 Å². The van der Waals surface area contributed by atoms with Gasteiger partial charge in [0.25, 0.3) is 5.91 Å². The summed E-state index contributed by atoms with van der Waals surface area (Å²) in [6, 6.07) is 13.9. The minimum atomic E-state index is -4.71. The summed E-state index contributed by atoms with van der Waals surface area (Å²) in [7, 11) is 3.07. The second-order valence-corrected chi connectivity index (χ2v) is 8.18. The summed E-state index contributed by atoms with van der Waals surface area (Å²) in [5.41, 5.74) is 0.0458. The summed E-state index contributed by atoms with van der Waals surface area (Å²) in [6.07, 6.45) is -2.53. The molecule has 1 aliphatic carbocycles. The van der Waals surface area contributed by atoms with Gasteiger partial charge < -0.3 is 15.4 Å². The third-order valence-electron chi connectivity index (χ3n) is 5.94. The van der Waals surface area contributed by atoms with Crippen molar-refractivity contribution in [2.75, 3.05) is 19.5 Å². The third-order valence-corrected chi connectivity index (χ3v) is 5.94. The minimum absolute atomic E-state index is 0.0397. The molecule has 7 nitrogen and oxygen atoms in total. The molecule has 1 fully saturated rings. The second kappa shape index (κ2) is 8.85. The van der Waals surface area contributed by atoms with E-state index in [1.54, 1.807) is 31.3 Å². The van der Waals surface area contributed by atoms with E-state index in [-0.39, 0.29) is 22.7 Å². The van der Waals surface area contributed by atoms with Crippen molar-refractivity contribution in [2.45, 2.75) is 30.9 Å². The maximum Gasteiger partial charge on any atom is 0.435 e. The molecule has 178 valence electrons. The zero-order valence-electron chi connectivity index (χ0n) is 18.6. The van der Waals surface area contributed by atoms with Gasteiger partial charge in [0.1, 0.15) is 11.4 Å². The van der Waals surface area contributed by atoms with E-state index in [0.29, 0.717) is 17.9 Å². The van der Waals surface area contributed by atoms with Crippen molar-refractivity contribution in [3.05, 3.63) is 71.5 Å². The van der Waals surface area contributed by atoms with Crippen molar-refractivity contribution < 1.29 is 27.5 Å². The Hall–Kier alpha value is -3.82. The topological polar surface area (TPSA) is 85.3 Å². The molecule has 0 spiro atoms. The van der Waals surface area contributed by atoms with E-state index in [2.05, 4.69) is 15.7 Å². The van der Waals surface area contributed by atoms with Crippen LogP contribution in [0.5, 0.6) is 5.75 Å². The summed E-state index contributed by atoms with van der Waals surface area (Å²) in [6.45, 7) is 0. The van der Waals surface area contributed by atoms with Gasteiger partial charge in [0, 0.05) is 30.6 Å². The van der Waals surface area contributed by atoms with Crippen LogP contribution in [0.4, 0.5) is 18.9 Å². The fourth-order valence-corrected chi connectivity index (χ4v) is 3.82.